The van der Waals surface area contributed by atoms with Crippen molar-refractivity contribution < 1.29 is 18.8 Å². The number of amides is 1. The fourth-order valence-corrected chi connectivity index (χ4v) is 4.25. The molecule has 2 fully saturated rings. The standard InChI is InChI=1S/C21H23FN4O4/c22-17-3-1-2-16(14-17)21(6-12-30-13-7-21)20(27)25-10-8-24(9-11-25)19-5-4-18(15-23-19)26(28)29/h1-5,14-15H,6-13H2. The highest BCUT2D eigenvalue weighted by Gasteiger charge is 2.44. The van der Waals surface area contributed by atoms with E-state index < -0.39 is 10.3 Å². The first-order valence-corrected chi connectivity index (χ1v) is 9.98. The van der Waals surface area contributed by atoms with E-state index in [4.69, 9.17) is 4.74 Å². The van der Waals surface area contributed by atoms with E-state index in [2.05, 4.69) is 4.98 Å². The first kappa shape index (κ1) is 20.2. The molecule has 1 aromatic carbocycles. The maximum absolute atomic E-state index is 13.9. The van der Waals surface area contributed by atoms with Crippen LogP contribution in [-0.2, 0) is 14.9 Å². The normalized spacial score (nSPS) is 18.8. The van der Waals surface area contributed by atoms with Gasteiger partial charge in [0, 0.05) is 45.5 Å². The molecule has 0 saturated carbocycles. The van der Waals surface area contributed by atoms with Gasteiger partial charge in [-0.15, -0.1) is 0 Å². The van der Waals surface area contributed by atoms with Crippen LogP contribution < -0.4 is 4.90 Å². The number of rotatable bonds is 4. The number of carbonyl (C=O) groups excluding carboxylic acids is 1. The predicted octanol–water partition coefficient (Wildman–Crippen LogP) is 2.53. The number of nitrogens with zero attached hydrogens (tertiary/aromatic N) is 4. The summed E-state index contributed by atoms with van der Waals surface area (Å²) in [7, 11) is 0. The number of ether oxygens (including phenoxy) is 1. The quantitative estimate of drug-likeness (QED) is 0.564. The molecule has 3 heterocycles. The van der Waals surface area contributed by atoms with Crippen LogP contribution in [0, 0.1) is 15.9 Å². The molecular formula is C21H23FN4O4. The Morgan fingerprint density at radius 2 is 1.87 bits per heavy atom. The van der Waals surface area contributed by atoms with Crippen LogP contribution in [0.1, 0.15) is 18.4 Å². The summed E-state index contributed by atoms with van der Waals surface area (Å²) in [4.78, 5) is 31.9. The molecule has 2 aliphatic rings. The van der Waals surface area contributed by atoms with Gasteiger partial charge in [-0.3, -0.25) is 14.9 Å². The van der Waals surface area contributed by atoms with Gasteiger partial charge in [0.1, 0.15) is 17.8 Å². The topological polar surface area (TPSA) is 88.8 Å². The van der Waals surface area contributed by atoms with E-state index in [-0.39, 0.29) is 17.4 Å². The Morgan fingerprint density at radius 1 is 1.13 bits per heavy atom. The lowest BCUT2D eigenvalue weighted by Gasteiger charge is -2.43. The van der Waals surface area contributed by atoms with Gasteiger partial charge in [-0.25, -0.2) is 9.37 Å². The van der Waals surface area contributed by atoms with Gasteiger partial charge in [0.05, 0.1) is 10.3 Å². The number of hydrogen-bond donors (Lipinski definition) is 0. The van der Waals surface area contributed by atoms with Crippen LogP contribution in [0.15, 0.2) is 42.6 Å². The van der Waals surface area contributed by atoms with Crippen molar-refractivity contribution in [2.24, 2.45) is 0 Å². The van der Waals surface area contributed by atoms with E-state index in [0.717, 1.165) is 0 Å². The summed E-state index contributed by atoms with van der Waals surface area (Å²) in [6.45, 7) is 3.10. The highest BCUT2D eigenvalue weighted by Crippen LogP contribution is 2.37. The Morgan fingerprint density at radius 3 is 2.47 bits per heavy atom. The molecule has 2 aliphatic heterocycles. The molecule has 2 aromatic rings. The van der Waals surface area contributed by atoms with Gasteiger partial charge < -0.3 is 14.5 Å². The summed E-state index contributed by atoms with van der Waals surface area (Å²) in [6, 6.07) is 9.37. The monoisotopic (exact) mass is 414 g/mol. The van der Waals surface area contributed by atoms with Crippen molar-refractivity contribution in [3.63, 3.8) is 0 Å². The first-order chi connectivity index (χ1) is 14.5. The molecule has 0 bridgehead atoms. The number of hydrogen-bond acceptors (Lipinski definition) is 6. The molecule has 4 rings (SSSR count). The third-order valence-corrected chi connectivity index (χ3v) is 5.97. The Labute approximate surface area is 173 Å². The number of halogens is 1. The van der Waals surface area contributed by atoms with Crippen LogP contribution in [0.5, 0.6) is 0 Å². The van der Waals surface area contributed by atoms with Gasteiger partial charge in [-0.05, 0) is 36.6 Å². The van der Waals surface area contributed by atoms with Crippen LogP contribution in [-0.4, -0.2) is 60.1 Å². The molecule has 8 nitrogen and oxygen atoms in total. The average Bonchev–Trinajstić information content (AvgIpc) is 2.79. The molecule has 0 aliphatic carbocycles. The lowest BCUT2D eigenvalue weighted by atomic mass is 9.73. The number of aromatic nitrogens is 1. The Bertz CT molecular complexity index is 923. The lowest BCUT2D eigenvalue weighted by molar-refractivity contribution is -0.385. The van der Waals surface area contributed by atoms with Crippen molar-refractivity contribution in [1.82, 2.24) is 9.88 Å². The summed E-state index contributed by atoms with van der Waals surface area (Å²) in [5.74, 6) is 0.312. The van der Waals surface area contributed by atoms with Crippen LogP contribution >= 0.6 is 0 Å². The number of nitro groups is 1. The minimum Gasteiger partial charge on any atom is -0.381 e. The number of pyridine rings is 1. The van der Waals surface area contributed by atoms with Crippen molar-refractivity contribution in [3.05, 3.63) is 64.1 Å². The van der Waals surface area contributed by atoms with Crippen molar-refractivity contribution in [1.29, 1.82) is 0 Å². The van der Waals surface area contributed by atoms with Crippen LogP contribution in [0.25, 0.3) is 0 Å². The second kappa shape index (κ2) is 8.35. The zero-order valence-corrected chi connectivity index (χ0v) is 16.5. The maximum Gasteiger partial charge on any atom is 0.287 e. The number of piperazine rings is 1. The molecule has 30 heavy (non-hydrogen) atoms. The van der Waals surface area contributed by atoms with E-state index >= 15 is 0 Å². The van der Waals surface area contributed by atoms with Crippen molar-refractivity contribution in [2.45, 2.75) is 18.3 Å². The van der Waals surface area contributed by atoms with E-state index in [1.165, 1.54) is 24.4 Å². The molecule has 158 valence electrons. The molecule has 0 radical (unpaired) electrons. The van der Waals surface area contributed by atoms with Crippen molar-refractivity contribution in [3.8, 4) is 0 Å². The Hall–Kier alpha value is -3.07. The highest BCUT2D eigenvalue weighted by atomic mass is 19.1. The van der Waals surface area contributed by atoms with Crippen LogP contribution in [0.4, 0.5) is 15.9 Å². The smallest absolute Gasteiger partial charge is 0.287 e. The summed E-state index contributed by atoms with van der Waals surface area (Å²) < 4.78 is 19.4. The fourth-order valence-electron chi connectivity index (χ4n) is 4.25. The zero-order chi connectivity index (χ0) is 21.1. The largest absolute Gasteiger partial charge is 0.381 e. The second-order valence-corrected chi connectivity index (χ2v) is 7.62. The van der Waals surface area contributed by atoms with Gasteiger partial charge in [-0.2, -0.15) is 0 Å². The minimum absolute atomic E-state index is 0.00714. The Balaban J connectivity index is 1.48. The molecular weight excluding hydrogens is 391 g/mol. The summed E-state index contributed by atoms with van der Waals surface area (Å²) in [6.07, 6.45) is 2.30. The summed E-state index contributed by atoms with van der Waals surface area (Å²) >= 11 is 0. The second-order valence-electron chi connectivity index (χ2n) is 7.62. The van der Waals surface area contributed by atoms with Crippen molar-refractivity contribution >= 4 is 17.4 Å². The van der Waals surface area contributed by atoms with Gasteiger partial charge in [0.2, 0.25) is 5.91 Å². The van der Waals surface area contributed by atoms with Gasteiger partial charge in [0.25, 0.3) is 5.69 Å². The highest BCUT2D eigenvalue weighted by molar-refractivity contribution is 5.88. The first-order valence-electron chi connectivity index (χ1n) is 9.98. The van der Waals surface area contributed by atoms with Gasteiger partial charge >= 0.3 is 0 Å². The number of benzene rings is 1. The summed E-state index contributed by atoms with van der Waals surface area (Å²) in [5.41, 5.74) is -0.118. The maximum atomic E-state index is 13.9. The van der Waals surface area contributed by atoms with E-state index in [1.807, 2.05) is 15.9 Å². The lowest BCUT2D eigenvalue weighted by Crippen LogP contribution is -2.56. The molecule has 0 unspecified atom stereocenters. The van der Waals surface area contributed by atoms with E-state index in [0.29, 0.717) is 63.6 Å². The number of carbonyl (C=O) groups is 1. The molecule has 9 heteroatoms. The third kappa shape index (κ3) is 3.85. The molecule has 0 spiro atoms. The Kier molecular flexibility index (Phi) is 5.63. The SMILES string of the molecule is O=C(N1CCN(c2ccc([N+](=O)[O-])cn2)CC1)C1(c2cccc(F)c2)CCOCC1. The average molecular weight is 414 g/mol. The third-order valence-electron chi connectivity index (χ3n) is 5.97. The molecule has 2 saturated heterocycles. The number of anilines is 1. The van der Waals surface area contributed by atoms with Gasteiger partial charge in [-0.1, -0.05) is 12.1 Å². The predicted molar refractivity (Wildman–Crippen MR) is 108 cm³/mol. The summed E-state index contributed by atoms with van der Waals surface area (Å²) in [5, 5.41) is 10.8. The van der Waals surface area contributed by atoms with Crippen LogP contribution in [0.3, 0.4) is 0 Å². The fraction of sp³-hybridized carbons (Fsp3) is 0.429. The molecule has 0 atom stereocenters. The van der Waals surface area contributed by atoms with E-state index in [9.17, 15) is 19.3 Å². The van der Waals surface area contributed by atoms with Crippen LogP contribution in [0.2, 0.25) is 0 Å². The molecule has 1 amide bonds. The zero-order valence-electron chi connectivity index (χ0n) is 16.5. The minimum atomic E-state index is -0.770. The van der Waals surface area contributed by atoms with Crippen molar-refractivity contribution in [2.75, 3.05) is 44.3 Å². The molecule has 1 aromatic heterocycles. The van der Waals surface area contributed by atoms with E-state index in [1.54, 1.807) is 12.1 Å². The van der Waals surface area contributed by atoms with Gasteiger partial charge in [0.15, 0.2) is 0 Å². The molecule has 0 N–H and O–H groups in total.